The highest BCUT2D eigenvalue weighted by Crippen LogP contribution is 2.36. The number of nitrogens with one attached hydrogen (secondary N) is 1. The fourth-order valence-corrected chi connectivity index (χ4v) is 3.03. The fourth-order valence-electron chi connectivity index (χ4n) is 3.03. The van der Waals surface area contributed by atoms with Crippen LogP contribution < -0.4 is 4.74 Å². The van der Waals surface area contributed by atoms with Crippen LogP contribution in [0.2, 0.25) is 0 Å². The Hall–Kier alpha value is -2.31. The molecule has 140 valence electrons. The Morgan fingerprint density at radius 3 is 2.81 bits per heavy atom. The predicted octanol–water partition coefficient (Wildman–Crippen LogP) is 4.24. The summed E-state index contributed by atoms with van der Waals surface area (Å²) in [5.41, 5.74) is 1.54. The van der Waals surface area contributed by atoms with E-state index in [0.717, 1.165) is 10.9 Å². The van der Waals surface area contributed by atoms with Gasteiger partial charge in [0.1, 0.15) is 18.1 Å². The quantitative estimate of drug-likeness (QED) is 0.780. The largest absolute Gasteiger partial charge is 0.474 e. The standard InChI is InChI=1S/C19H23F2N3O2/c1-12(2)15(25)5-3-4-13-10-22-17-16(13)18(24-11-23-17)26-14-6-8-19(20,21)9-7-14/h3,5,10-12,14H,4,6-9H2,1-2H3,(H,22,23,24). The molecule has 1 aliphatic carbocycles. The molecular formula is C19H23F2N3O2. The molecule has 2 aromatic heterocycles. The molecule has 1 N–H and O–H groups in total. The lowest BCUT2D eigenvalue weighted by Gasteiger charge is -2.28. The molecule has 5 nitrogen and oxygen atoms in total. The van der Waals surface area contributed by atoms with Crippen LogP contribution in [-0.2, 0) is 11.2 Å². The average Bonchev–Trinajstić information content (AvgIpc) is 3.01. The molecule has 0 aromatic carbocycles. The van der Waals surface area contributed by atoms with Crippen LogP contribution in [0.3, 0.4) is 0 Å². The molecule has 2 aromatic rings. The van der Waals surface area contributed by atoms with E-state index in [4.69, 9.17) is 4.74 Å². The summed E-state index contributed by atoms with van der Waals surface area (Å²) in [4.78, 5) is 23.2. The zero-order valence-electron chi connectivity index (χ0n) is 15.0. The van der Waals surface area contributed by atoms with Crippen LogP contribution in [0.5, 0.6) is 5.88 Å². The summed E-state index contributed by atoms with van der Waals surface area (Å²) in [5, 5.41) is 0.742. The van der Waals surface area contributed by atoms with E-state index in [1.165, 1.54) is 6.33 Å². The van der Waals surface area contributed by atoms with Crippen LogP contribution in [0, 0.1) is 5.92 Å². The second-order valence-corrected chi connectivity index (χ2v) is 7.05. The molecule has 1 saturated carbocycles. The normalized spacial score (nSPS) is 18.0. The van der Waals surface area contributed by atoms with Gasteiger partial charge in [0.25, 0.3) is 0 Å². The lowest BCUT2D eigenvalue weighted by atomic mass is 9.94. The summed E-state index contributed by atoms with van der Waals surface area (Å²) in [6, 6.07) is 0. The lowest BCUT2D eigenvalue weighted by molar-refractivity contribution is -0.117. The Morgan fingerprint density at radius 2 is 2.12 bits per heavy atom. The summed E-state index contributed by atoms with van der Waals surface area (Å²) in [6.45, 7) is 3.71. The topological polar surface area (TPSA) is 67.9 Å². The molecule has 3 rings (SSSR count). The number of rotatable bonds is 6. The molecule has 0 atom stereocenters. The Labute approximate surface area is 150 Å². The number of carbonyl (C=O) groups excluding carboxylic acids is 1. The van der Waals surface area contributed by atoms with Crippen molar-refractivity contribution in [3.63, 3.8) is 0 Å². The molecule has 0 aliphatic heterocycles. The minimum absolute atomic E-state index is 0.0409. The highest BCUT2D eigenvalue weighted by atomic mass is 19.3. The van der Waals surface area contributed by atoms with Crippen molar-refractivity contribution >= 4 is 16.8 Å². The Kier molecular flexibility index (Phi) is 5.34. The number of alkyl halides is 2. The summed E-state index contributed by atoms with van der Waals surface area (Å²) < 4.78 is 32.6. The Balaban J connectivity index is 1.76. The molecule has 1 aliphatic rings. The third-order valence-corrected chi connectivity index (χ3v) is 4.65. The van der Waals surface area contributed by atoms with E-state index in [-0.39, 0.29) is 30.6 Å². The van der Waals surface area contributed by atoms with Crippen molar-refractivity contribution in [1.82, 2.24) is 15.0 Å². The second kappa shape index (κ2) is 7.51. The lowest BCUT2D eigenvalue weighted by Crippen LogP contribution is -2.31. The number of carbonyl (C=O) groups is 1. The number of ether oxygens (including phenoxy) is 1. The van der Waals surface area contributed by atoms with E-state index in [9.17, 15) is 13.6 Å². The summed E-state index contributed by atoms with van der Waals surface area (Å²) in [7, 11) is 0. The number of nitrogens with zero attached hydrogens (tertiary/aromatic N) is 2. The molecule has 0 radical (unpaired) electrons. The van der Waals surface area contributed by atoms with Gasteiger partial charge in [-0.25, -0.2) is 18.7 Å². The highest BCUT2D eigenvalue weighted by Gasteiger charge is 2.36. The van der Waals surface area contributed by atoms with Gasteiger partial charge in [0.2, 0.25) is 11.8 Å². The summed E-state index contributed by atoms with van der Waals surface area (Å²) >= 11 is 0. The molecular weight excluding hydrogens is 340 g/mol. The van der Waals surface area contributed by atoms with Crippen LogP contribution in [-0.4, -0.2) is 32.8 Å². The first-order valence-corrected chi connectivity index (χ1v) is 8.91. The summed E-state index contributed by atoms with van der Waals surface area (Å²) in [6.07, 6.45) is 7.15. The number of aromatic nitrogens is 3. The van der Waals surface area contributed by atoms with Gasteiger partial charge in [-0.05, 0) is 30.9 Å². The second-order valence-electron chi connectivity index (χ2n) is 7.05. The third kappa shape index (κ3) is 4.26. The van der Waals surface area contributed by atoms with Gasteiger partial charge < -0.3 is 9.72 Å². The number of allylic oxidation sites excluding steroid dienone is 2. The van der Waals surface area contributed by atoms with E-state index >= 15 is 0 Å². The first-order chi connectivity index (χ1) is 12.4. The van der Waals surface area contributed by atoms with E-state index < -0.39 is 5.92 Å². The van der Waals surface area contributed by atoms with E-state index in [0.29, 0.717) is 30.8 Å². The number of ketones is 1. The van der Waals surface area contributed by atoms with Gasteiger partial charge in [0, 0.05) is 25.0 Å². The number of hydrogen-bond donors (Lipinski definition) is 1. The van der Waals surface area contributed by atoms with Crippen LogP contribution in [0.1, 0.15) is 45.1 Å². The van der Waals surface area contributed by atoms with Crippen molar-refractivity contribution in [3.05, 3.63) is 30.2 Å². The molecule has 26 heavy (non-hydrogen) atoms. The Morgan fingerprint density at radius 1 is 1.38 bits per heavy atom. The first kappa shape index (κ1) is 18.5. The SMILES string of the molecule is CC(C)C(=O)C=CCc1c[nH]c2ncnc(OC3CCC(F)(F)CC3)c12. The molecule has 0 unspecified atom stereocenters. The molecule has 0 bridgehead atoms. The van der Waals surface area contributed by atoms with Crippen LogP contribution in [0.25, 0.3) is 11.0 Å². The molecule has 2 heterocycles. The van der Waals surface area contributed by atoms with Gasteiger partial charge in [-0.2, -0.15) is 0 Å². The van der Waals surface area contributed by atoms with Gasteiger partial charge in [0.15, 0.2) is 5.78 Å². The predicted molar refractivity (Wildman–Crippen MR) is 94.4 cm³/mol. The maximum Gasteiger partial charge on any atom is 0.248 e. The van der Waals surface area contributed by atoms with Gasteiger partial charge in [-0.15, -0.1) is 0 Å². The third-order valence-electron chi connectivity index (χ3n) is 4.65. The number of H-pyrrole nitrogens is 1. The molecule has 1 fully saturated rings. The molecule has 0 spiro atoms. The van der Waals surface area contributed by atoms with Crippen molar-refractivity contribution in [2.45, 2.75) is 58.0 Å². The minimum Gasteiger partial charge on any atom is -0.474 e. The maximum atomic E-state index is 13.3. The molecule has 7 heteroatoms. The number of hydrogen-bond acceptors (Lipinski definition) is 4. The Bertz CT molecular complexity index is 804. The van der Waals surface area contributed by atoms with E-state index in [1.807, 2.05) is 26.1 Å². The van der Waals surface area contributed by atoms with Gasteiger partial charge >= 0.3 is 0 Å². The van der Waals surface area contributed by atoms with Crippen molar-refractivity contribution in [3.8, 4) is 5.88 Å². The van der Waals surface area contributed by atoms with Crippen molar-refractivity contribution in [2.75, 3.05) is 0 Å². The zero-order valence-corrected chi connectivity index (χ0v) is 15.0. The minimum atomic E-state index is -2.59. The van der Waals surface area contributed by atoms with Crippen molar-refractivity contribution in [1.29, 1.82) is 0 Å². The van der Waals surface area contributed by atoms with Crippen molar-refractivity contribution < 1.29 is 18.3 Å². The van der Waals surface area contributed by atoms with Gasteiger partial charge in [-0.1, -0.05) is 19.9 Å². The molecule has 0 saturated heterocycles. The highest BCUT2D eigenvalue weighted by molar-refractivity contribution is 5.91. The molecule has 0 amide bonds. The van der Waals surface area contributed by atoms with E-state index in [1.54, 1.807) is 6.08 Å². The number of fused-ring (bicyclic) bond motifs is 1. The summed E-state index contributed by atoms with van der Waals surface area (Å²) in [5.74, 6) is -2.15. The smallest absolute Gasteiger partial charge is 0.248 e. The number of aromatic amines is 1. The van der Waals surface area contributed by atoms with Gasteiger partial charge in [0.05, 0.1) is 5.39 Å². The van der Waals surface area contributed by atoms with Crippen LogP contribution >= 0.6 is 0 Å². The van der Waals surface area contributed by atoms with Crippen LogP contribution in [0.15, 0.2) is 24.7 Å². The fraction of sp³-hybridized carbons (Fsp3) is 0.526. The number of halogens is 2. The first-order valence-electron chi connectivity index (χ1n) is 8.91. The zero-order chi connectivity index (χ0) is 18.7. The van der Waals surface area contributed by atoms with Crippen molar-refractivity contribution in [2.24, 2.45) is 5.92 Å². The van der Waals surface area contributed by atoms with Crippen LogP contribution in [0.4, 0.5) is 8.78 Å². The monoisotopic (exact) mass is 363 g/mol. The maximum absolute atomic E-state index is 13.3. The van der Waals surface area contributed by atoms with E-state index in [2.05, 4.69) is 15.0 Å². The van der Waals surface area contributed by atoms with Gasteiger partial charge in [-0.3, -0.25) is 4.79 Å². The average molecular weight is 363 g/mol.